The van der Waals surface area contributed by atoms with Gasteiger partial charge >= 0.3 is 0 Å². The molecule has 2 saturated heterocycles. The molecule has 2 fully saturated rings. The van der Waals surface area contributed by atoms with Crippen molar-refractivity contribution in [2.75, 3.05) is 13.1 Å². The molecule has 3 unspecified atom stereocenters. The van der Waals surface area contributed by atoms with Crippen molar-refractivity contribution in [3.05, 3.63) is 29.3 Å². The van der Waals surface area contributed by atoms with E-state index in [0.717, 1.165) is 29.6 Å². The van der Waals surface area contributed by atoms with E-state index in [2.05, 4.69) is 27.1 Å². The summed E-state index contributed by atoms with van der Waals surface area (Å²) in [6.45, 7) is 3.53. The van der Waals surface area contributed by atoms with Crippen LogP contribution in [0, 0.1) is 0 Å². The van der Waals surface area contributed by atoms with Gasteiger partial charge in [0.2, 0.25) is 11.7 Å². The van der Waals surface area contributed by atoms with Gasteiger partial charge in [-0.2, -0.15) is 0 Å². The van der Waals surface area contributed by atoms with Crippen LogP contribution in [-0.2, 0) is 4.79 Å². The number of ketones is 1. The molecule has 9 heteroatoms. The number of piperidine rings is 1. The van der Waals surface area contributed by atoms with E-state index in [1.807, 2.05) is 24.3 Å². The summed E-state index contributed by atoms with van der Waals surface area (Å²) in [6.07, 6.45) is 3.02. The zero-order chi connectivity index (χ0) is 20.6. The highest BCUT2D eigenvalue weighted by molar-refractivity contribution is 7.20. The number of thiazole rings is 1. The summed E-state index contributed by atoms with van der Waals surface area (Å²) in [5.74, 6) is -0.215. The monoisotopic (exact) mass is 414 g/mol. The molecule has 0 radical (unpaired) electrons. The lowest BCUT2D eigenvalue weighted by atomic mass is 9.70. The van der Waals surface area contributed by atoms with Crippen molar-refractivity contribution in [3.63, 3.8) is 0 Å². The number of nitrogens with two attached hydrogens (primary N) is 2. The van der Waals surface area contributed by atoms with E-state index in [1.165, 1.54) is 11.3 Å². The molecule has 1 aromatic carbocycles. The predicted molar refractivity (Wildman–Crippen MR) is 114 cm³/mol. The second-order valence-corrected chi connectivity index (χ2v) is 9.05. The molecule has 0 bridgehead atoms. The van der Waals surface area contributed by atoms with Crippen LogP contribution in [0.4, 0.5) is 0 Å². The van der Waals surface area contributed by atoms with Crippen molar-refractivity contribution >= 4 is 39.2 Å². The SMILES string of the molecule is CC12CCN1C(C(=O)NC(CCCN=C(N)N)C(=O)c1nc3ccccc3s1)C2. The van der Waals surface area contributed by atoms with E-state index < -0.39 is 6.04 Å². The smallest absolute Gasteiger partial charge is 0.238 e. The van der Waals surface area contributed by atoms with Gasteiger partial charge in [-0.1, -0.05) is 12.1 Å². The number of hydrogen-bond acceptors (Lipinski definition) is 6. The first kappa shape index (κ1) is 19.8. The molecule has 2 aliphatic heterocycles. The molecule has 3 heterocycles. The molecule has 2 aliphatic rings. The molecule has 29 heavy (non-hydrogen) atoms. The molecule has 0 aliphatic carbocycles. The number of aromatic nitrogens is 1. The molecule has 1 amide bonds. The fourth-order valence-electron chi connectivity index (χ4n) is 4.19. The fourth-order valence-corrected chi connectivity index (χ4v) is 5.15. The van der Waals surface area contributed by atoms with Crippen LogP contribution in [0.2, 0.25) is 0 Å². The minimum absolute atomic E-state index is 0.0228. The molecule has 0 saturated carbocycles. The highest BCUT2D eigenvalue weighted by Gasteiger charge is 2.57. The average molecular weight is 415 g/mol. The molecule has 5 N–H and O–H groups in total. The van der Waals surface area contributed by atoms with Crippen LogP contribution < -0.4 is 16.8 Å². The molecule has 8 nitrogen and oxygen atoms in total. The molecule has 4 rings (SSSR count). The van der Waals surface area contributed by atoms with Gasteiger partial charge in [0.05, 0.1) is 22.3 Å². The van der Waals surface area contributed by atoms with Gasteiger partial charge in [-0.15, -0.1) is 11.3 Å². The maximum absolute atomic E-state index is 13.2. The van der Waals surface area contributed by atoms with Gasteiger partial charge in [0.25, 0.3) is 0 Å². The third-order valence-electron chi connectivity index (χ3n) is 5.98. The average Bonchev–Trinajstić information content (AvgIpc) is 3.12. The van der Waals surface area contributed by atoms with Crippen LogP contribution in [0.5, 0.6) is 0 Å². The lowest BCUT2D eigenvalue weighted by Gasteiger charge is -2.64. The van der Waals surface area contributed by atoms with E-state index in [4.69, 9.17) is 11.5 Å². The lowest BCUT2D eigenvalue weighted by Crippen LogP contribution is -2.76. The Bertz CT molecular complexity index is 936. The zero-order valence-corrected chi connectivity index (χ0v) is 17.2. The van der Waals surface area contributed by atoms with Gasteiger partial charge in [0.1, 0.15) is 0 Å². The third kappa shape index (κ3) is 3.84. The second kappa shape index (κ2) is 7.72. The summed E-state index contributed by atoms with van der Waals surface area (Å²) in [5, 5.41) is 3.39. The summed E-state index contributed by atoms with van der Waals surface area (Å²) in [5.41, 5.74) is 11.7. The van der Waals surface area contributed by atoms with Gasteiger partial charge in [0.15, 0.2) is 11.0 Å². The zero-order valence-electron chi connectivity index (χ0n) is 16.4. The highest BCUT2D eigenvalue weighted by atomic mass is 32.1. The minimum Gasteiger partial charge on any atom is -0.370 e. The van der Waals surface area contributed by atoms with E-state index >= 15 is 0 Å². The highest BCUT2D eigenvalue weighted by Crippen LogP contribution is 2.46. The second-order valence-electron chi connectivity index (χ2n) is 8.02. The Morgan fingerprint density at radius 1 is 1.41 bits per heavy atom. The number of fused-ring (bicyclic) bond motifs is 2. The van der Waals surface area contributed by atoms with Crippen LogP contribution >= 0.6 is 11.3 Å². The normalized spacial score (nSPS) is 24.1. The maximum Gasteiger partial charge on any atom is 0.238 e. The van der Waals surface area contributed by atoms with Crippen molar-refractivity contribution in [3.8, 4) is 0 Å². The number of hydrogen-bond donors (Lipinski definition) is 3. The Balaban J connectivity index is 1.47. The number of carbonyl (C=O) groups is 2. The van der Waals surface area contributed by atoms with Crippen LogP contribution in [0.1, 0.15) is 42.4 Å². The van der Waals surface area contributed by atoms with Crippen molar-refractivity contribution < 1.29 is 9.59 Å². The molecular weight excluding hydrogens is 388 g/mol. The Labute approximate surface area is 173 Å². The van der Waals surface area contributed by atoms with Gasteiger partial charge < -0.3 is 16.8 Å². The van der Waals surface area contributed by atoms with Crippen LogP contribution in [0.25, 0.3) is 10.2 Å². The van der Waals surface area contributed by atoms with Crippen LogP contribution in [0.3, 0.4) is 0 Å². The molecule has 2 aromatic rings. The van der Waals surface area contributed by atoms with Gasteiger partial charge in [-0.05, 0) is 44.7 Å². The molecular formula is C20H26N6O2S. The largest absolute Gasteiger partial charge is 0.370 e. The number of guanidine groups is 1. The molecule has 1 aromatic heterocycles. The summed E-state index contributed by atoms with van der Waals surface area (Å²) in [6, 6.07) is 6.86. The van der Waals surface area contributed by atoms with Crippen LogP contribution in [0.15, 0.2) is 29.3 Å². The predicted octanol–water partition coefficient (Wildman–Crippen LogP) is 1.25. The molecule has 0 spiro atoms. The number of nitrogens with zero attached hydrogens (tertiary/aromatic N) is 3. The summed E-state index contributed by atoms with van der Waals surface area (Å²) >= 11 is 1.35. The number of aliphatic imine (C=N–C) groups is 1. The standard InChI is InChI=1S/C20H26N6O2S/c1-20-8-10-26(20)14(11-20)17(28)24-13(6-4-9-23-19(21)22)16(27)18-25-12-5-2-3-7-15(12)29-18/h2-3,5,7,13-14H,4,6,8-11H2,1H3,(H,24,28)(H4,21,22,23). The van der Waals surface area contributed by atoms with E-state index in [9.17, 15) is 9.59 Å². The third-order valence-corrected chi connectivity index (χ3v) is 7.03. The minimum atomic E-state index is -0.634. The van der Waals surface area contributed by atoms with Gasteiger partial charge in [0, 0.05) is 18.6 Å². The topological polar surface area (TPSA) is 127 Å². The quantitative estimate of drug-likeness (QED) is 0.258. The van der Waals surface area contributed by atoms with Gasteiger partial charge in [-0.3, -0.25) is 19.5 Å². The van der Waals surface area contributed by atoms with Crippen LogP contribution in [-0.4, -0.2) is 58.2 Å². The number of carbonyl (C=O) groups excluding carboxylic acids is 2. The first-order valence-corrected chi connectivity index (χ1v) is 10.7. The summed E-state index contributed by atoms with van der Waals surface area (Å²) in [4.78, 5) is 36.6. The van der Waals surface area contributed by atoms with E-state index in [0.29, 0.717) is 24.4 Å². The van der Waals surface area contributed by atoms with E-state index in [-0.39, 0.29) is 29.2 Å². The van der Waals surface area contributed by atoms with Crippen molar-refractivity contribution in [1.29, 1.82) is 0 Å². The first-order chi connectivity index (χ1) is 13.9. The van der Waals surface area contributed by atoms with Crippen molar-refractivity contribution in [1.82, 2.24) is 15.2 Å². The first-order valence-electron chi connectivity index (χ1n) is 9.90. The number of amides is 1. The number of rotatable bonds is 8. The fraction of sp³-hybridized carbons (Fsp3) is 0.500. The Hall–Kier alpha value is -2.52. The van der Waals surface area contributed by atoms with E-state index in [1.54, 1.807) is 0 Å². The number of para-hydroxylation sites is 1. The lowest BCUT2D eigenvalue weighted by molar-refractivity contribution is -0.167. The van der Waals surface area contributed by atoms with Crippen molar-refractivity contribution in [2.45, 2.75) is 50.2 Å². The Morgan fingerprint density at radius 2 is 2.21 bits per heavy atom. The van der Waals surface area contributed by atoms with Gasteiger partial charge in [-0.25, -0.2) is 4.98 Å². The number of nitrogens with one attached hydrogen (secondary N) is 1. The summed E-state index contributed by atoms with van der Waals surface area (Å²) < 4.78 is 0.955. The molecule has 3 atom stereocenters. The number of benzene rings is 1. The Morgan fingerprint density at radius 3 is 2.83 bits per heavy atom. The van der Waals surface area contributed by atoms with Crippen molar-refractivity contribution in [2.24, 2.45) is 16.5 Å². The molecule has 154 valence electrons. The summed E-state index contributed by atoms with van der Waals surface area (Å²) in [7, 11) is 0. The number of Topliss-reactive ketones (excluding diaryl/α,β-unsaturated/α-hetero) is 1. The maximum atomic E-state index is 13.2. The Kier molecular flexibility index (Phi) is 5.26.